The van der Waals surface area contributed by atoms with Gasteiger partial charge in [-0.05, 0) is 37.5 Å². The lowest BCUT2D eigenvalue weighted by atomic mass is 10.2. The normalized spacial score (nSPS) is 11.4. The van der Waals surface area contributed by atoms with Gasteiger partial charge in [0.25, 0.3) is 0 Å². The number of carbonyl (C=O) groups excluding carboxylic acids is 1. The smallest absolute Gasteiger partial charge is 0.241 e. The van der Waals surface area contributed by atoms with Gasteiger partial charge in [0, 0.05) is 0 Å². The lowest BCUT2D eigenvalue weighted by molar-refractivity contribution is -0.117. The Kier molecular flexibility index (Phi) is 8.19. The van der Waals surface area contributed by atoms with E-state index in [1.807, 2.05) is 39.0 Å². The van der Waals surface area contributed by atoms with Gasteiger partial charge >= 0.3 is 0 Å². The second kappa shape index (κ2) is 8.77. The maximum atomic E-state index is 11.8. The number of nitrogens with one attached hydrogen (secondary N) is 1. The molecule has 1 aromatic carbocycles. The van der Waals surface area contributed by atoms with E-state index in [1.165, 1.54) is 0 Å². The first kappa shape index (κ1) is 17.7. The molecule has 108 valence electrons. The van der Waals surface area contributed by atoms with Gasteiger partial charge in [0.05, 0.1) is 18.3 Å². The van der Waals surface area contributed by atoms with E-state index in [0.717, 1.165) is 12.0 Å². The summed E-state index contributed by atoms with van der Waals surface area (Å²) in [6.45, 7) is 6.54. The molecule has 1 aromatic rings. The van der Waals surface area contributed by atoms with Crippen molar-refractivity contribution >= 4 is 24.0 Å². The molecule has 0 saturated heterocycles. The fraction of sp³-hybridized carbons (Fsp3) is 0.500. The van der Waals surface area contributed by atoms with E-state index in [4.69, 9.17) is 10.5 Å². The number of amides is 1. The Bertz CT molecular complexity index is 410. The minimum absolute atomic E-state index is 0. The van der Waals surface area contributed by atoms with Crippen LogP contribution in [0.3, 0.4) is 0 Å². The standard InChI is InChI=1S/C14H22N2O2.ClH/c1-4-8-18-13-9-10(3)6-7-12(13)16-14(17)11(15)5-2;/h6-7,9,11H,4-5,8,15H2,1-3H3,(H,16,17);1H/t11-;/m0./s1. The first-order valence-electron chi connectivity index (χ1n) is 6.38. The van der Waals surface area contributed by atoms with Gasteiger partial charge in [-0.1, -0.05) is 19.9 Å². The molecule has 0 fully saturated rings. The van der Waals surface area contributed by atoms with Gasteiger partial charge in [-0.25, -0.2) is 0 Å². The van der Waals surface area contributed by atoms with Crippen molar-refractivity contribution in [3.05, 3.63) is 23.8 Å². The molecule has 0 saturated carbocycles. The monoisotopic (exact) mass is 286 g/mol. The van der Waals surface area contributed by atoms with E-state index in [1.54, 1.807) is 0 Å². The summed E-state index contributed by atoms with van der Waals surface area (Å²) in [6.07, 6.45) is 1.54. The highest BCUT2D eigenvalue weighted by Crippen LogP contribution is 2.26. The van der Waals surface area contributed by atoms with Crippen LogP contribution in [0.25, 0.3) is 0 Å². The molecule has 0 radical (unpaired) electrons. The molecule has 0 spiro atoms. The number of carbonyl (C=O) groups is 1. The lowest BCUT2D eigenvalue weighted by Crippen LogP contribution is -2.34. The van der Waals surface area contributed by atoms with Gasteiger partial charge in [-0.3, -0.25) is 4.79 Å². The topological polar surface area (TPSA) is 64.3 Å². The number of hydrogen-bond donors (Lipinski definition) is 2. The summed E-state index contributed by atoms with van der Waals surface area (Å²) < 4.78 is 5.63. The number of nitrogens with two attached hydrogens (primary N) is 1. The summed E-state index contributed by atoms with van der Waals surface area (Å²) in [7, 11) is 0. The molecular formula is C14H23ClN2O2. The van der Waals surface area contributed by atoms with E-state index in [9.17, 15) is 4.79 Å². The maximum absolute atomic E-state index is 11.8. The SMILES string of the molecule is CCCOc1cc(C)ccc1NC(=O)[C@@H](N)CC.Cl. The minimum atomic E-state index is -0.481. The number of ether oxygens (including phenoxy) is 1. The fourth-order valence-electron chi connectivity index (χ4n) is 1.48. The van der Waals surface area contributed by atoms with Crippen LogP contribution in [0, 0.1) is 6.92 Å². The van der Waals surface area contributed by atoms with E-state index >= 15 is 0 Å². The summed E-state index contributed by atoms with van der Waals surface area (Å²) in [6, 6.07) is 5.22. The highest BCUT2D eigenvalue weighted by molar-refractivity contribution is 5.95. The van der Waals surface area contributed by atoms with Crippen LogP contribution in [-0.2, 0) is 4.79 Å². The minimum Gasteiger partial charge on any atom is -0.491 e. The second-order valence-electron chi connectivity index (χ2n) is 4.35. The third-order valence-corrected chi connectivity index (χ3v) is 2.63. The first-order valence-corrected chi connectivity index (χ1v) is 6.38. The van der Waals surface area contributed by atoms with Crippen LogP contribution in [-0.4, -0.2) is 18.6 Å². The Labute approximate surface area is 121 Å². The predicted octanol–water partition coefficient (Wildman–Crippen LogP) is 2.88. The first-order chi connectivity index (χ1) is 8.58. The highest BCUT2D eigenvalue weighted by atomic mass is 35.5. The zero-order chi connectivity index (χ0) is 13.5. The molecular weight excluding hydrogens is 264 g/mol. The van der Waals surface area contributed by atoms with Crippen LogP contribution < -0.4 is 15.8 Å². The van der Waals surface area contributed by atoms with Gasteiger partial charge in [0.2, 0.25) is 5.91 Å². The third-order valence-electron chi connectivity index (χ3n) is 2.63. The molecule has 3 N–H and O–H groups in total. The molecule has 19 heavy (non-hydrogen) atoms. The number of anilines is 1. The predicted molar refractivity (Wildman–Crippen MR) is 81.1 cm³/mol. The number of aryl methyl sites for hydroxylation is 1. The summed E-state index contributed by atoms with van der Waals surface area (Å²) >= 11 is 0. The molecule has 0 aliphatic rings. The summed E-state index contributed by atoms with van der Waals surface area (Å²) in [5.41, 5.74) is 7.47. The van der Waals surface area contributed by atoms with Gasteiger partial charge in [-0.2, -0.15) is 0 Å². The van der Waals surface area contributed by atoms with Crippen LogP contribution in [0.5, 0.6) is 5.75 Å². The number of halogens is 1. The Balaban J connectivity index is 0.00000324. The Hall–Kier alpha value is -1.26. The van der Waals surface area contributed by atoms with Crippen molar-refractivity contribution in [1.29, 1.82) is 0 Å². The molecule has 0 bridgehead atoms. The van der Waals surface area contributed by atoms with Crippen molar-refractivity contribution in [2.24, 2.45) is 5.73 Å². The molecule has 0 unspecified atom stereocenters. The van der Waals surface area contributed by atoms with Crippen molar-refractivity contribution in [2.45, 2.75) is 39.7 Å². The van der Waals surface area contributed by atoms with Crippen molar-refractivity contribution in [3.8, 4) is 5.75 Å². The largest absolute Gasteiger partial charge is 0.491 e. The van der Waals surface area contributed by atoms with Crippen molar-refractivity contribution < 1.29 is 9.53 Å². The molecule has 0 aliphatic carbocycles. The van der Waals surface area contributed by atoms with Crippen molar-refractivity contribution in [1.82, 2.24) is 0 Å². The van der Waals surface area contributed by atoms with Crippen LogP contribution in [0.4, 0.5) is 5.69 Å². The van der Waals surface area contributed by atoms with Crippen molar-refractivity contribution in [3.63, 3.8) is 0 Å². The fourth-order valence-corrected chi connectivity index (χ4v) is 1.48. The molecule has 0 aliphatic heterocycles. The molecule has 5 heteroatoms. The zero-order valence-electron chi connectivity index (χ0n) is 11.7. The zero-order valence-corrected chi connectivity index (χ0v) is 12.5. The quantitative estimate of drug-likeness (QED) is 0.845. The number of rotatable bonds is 6. The third kappa shape index (κ3) is 5.49. The average Bonchev–Trinajstić information content (AvgIpc) is 2.37. The molecule has 0 aromatic heterocycles. The van der Waals surface area contributed by atoms with Gasteiger partial charge in [-0.15, -0.1) is 12.4 Å². The van der Waals surface area contributed by atoms with Crippen LogP contribution in [0.1, 0.15) is 32.3 Å². The van der Waals surface area contributed by atoms with Crippen LogP contribution in [0.2, 0.25) is 0 Å². The molecule has 1 amide bonds. The molecule has 1 rings (SSSR count). The molecule has 4 nitrogen and oxygen atoms in total. The number of benzene rings is 1. The summed E-state index contributed by atoms with van der Waals surface area (Å²) in [5, 5.41) is 2.81. The van der Waals surface area contributed by atoms with Gasteiger partial charge in [0.1, 0.15) is 5.75 Å². The number of hydrogen-bond acceptors (Lipinski definition) is 3. The lowest BCUT2D eigenvalue weighted by Gasteiger charge is -2.15. The van der Waals surface area contributed by atoms with E-state index in [0.29, 0.717) is 24.5 Å². The average molecular weight is 287 g/mol. The maximum Gasteiger partial charge on any atom is 0.241 e. The highest BCUT2D eigenvalue weighted by Gasteiger charge is 2.13. The Morgan fingerprint density at radius 1 is 1.42 bits per heavy atom. The van der Waals surface area contributed by atoms with E-state index in [-0.39, 0.29) is 18.3 Å². The Morgan fingerprint density at radius 2 is 2.11 bits per heavy atom. The molecule has 0 heterocycles. The van der Waals surface area contributed by atoms with E-state index in [2.05, 4.69) is 5.32 Å². The van der Waals surface area contributed by atoms with Crippen molar-refractivity contribution in [2.75, 3.05) is 11.9 Å². The summed E-state index contributed by atoms with van der Waals surface area (Å²) in [4.78, 5) is 11.8. The van der Waals surface area contributed by atoms with E-state index < -0.39 is 6.04 Å². The van der Waals surface area contributed by atoms with Crippen LogP contribution in [0.15, 0.2) is 18.2 Å². The van der Waals surface area contributed by atoms with Gasteiger partial charge in [0.15, 0.2) is 0 Å². The Morgan fingerprint density at radius 3 is 2.68 bits per heavy atom. The van der Waals surface area contributed by atoms with Crippen LogP contribution >= 0.6 is 12.4 Å². The summed E-state index contributed by atoms with van der Waals surface area (Å²) in [5.74, 6) is 0.524. The molecule has 1 atom stereocenters. The second-order valence-corrected chi connectivity index (χ2v) is 4.35. The van der Waals surface area contributed by atoms with Gasteiger partial charge < -0.3 is 15.8 Å².